The van der Waals surface area contributed by atoms with Gasteiger partial charge in [0.05, 0.1) is 18.8 Å². The second-order valence-corrected chi connectivity index (χ2v) is 4.17. The molecule has 2 rings (SSSR count). The first-order valence-electron chi connectivity index (χ1n) is 4.43. The minimum absolute atomic E-state index is 0.0425. The van der Waals surface area contributed by atoms with Crippen LogP contribution in [0.1, 0.15) is 10.4 Å². The zero-order valence-corrected chi connectivity index (χ0v) is 9.36. The van der Waals surface area contributed by atoms with Crippen LogP contribution in [0.25, 0.3) is 0 Å². The van der Waals surface area contributed by atoms with Crippen molar-refractivity contribution in [3.05, 3.63) is 28.2 Å². The highest BCUT2D eigenvalue weighted by molar-refractivity contribution is 9.10. The van der Waals surface area contributed by atoms with Crippen LogP contribution >= 0.6 is 15.9 Å². The summed E-state index contributed by atoms with van der Waals surface area (Å²) in [5, 5.41) is 8.84. The zero-order chi connectivity index (χ0) is 10.8. The second-order valence-electron chi connectivity index (χ2n) is 3.26. The van der Waals surface area contributed by atoms with Gasteiger partial charge < -0.3 is 14.6 Å². The Hall–Kier alpha value is -1.07. The Balaban J connectivity index is 2.18. The van der Waals surface area contributed by atoms with Crippen LogP contribution in [-0.2, 0) is 4.74 Å². The Kier molecular flexibility index (Phi) is 2.93. The lowest BCUT2D eigenvalue weighted by Gasteiger charge is -2.26. The average Bonchev–Trinajstić information content (AvgIpc) is 2.10. The molecule has 0 atom stereocenters. The lowest BCUT2D eigenvalue weighted by atomic mass is 10.2. The second kappa shape index (κ2) is 4.20. The van der Waals surface area contributed by atoms with Crippen LogP contribution in [0.2, 0.25) is 0 Å². The number of hydrogen-bond donors (Lipinski definition) is 1. The highest BCUT2D eigenvalue weighted by Gasteiger charge is 2.20. The molecule has 4 nitrogen and oxygen atoms in total. The Morgan fingerprint density at radius 2 is 2.20 bits per heavy atom. The summed E-state index contributed by atoms with van der Waals surface area (Å²) in [6.07, 6.45) is 0.0425. The minimum Gasteiger partial charge on any atom is -0.486 e. The third-order valence-electron chi connectivity index (χ3n) is 2.03. The number of hydrogen-bond acceptors (Lipinski definition) is 3. The van der Waals surface area contributed by atoms with Crippen LogP contribution in [0.5, 0.6) is 5.75 Å². The molecule has 0 aromatic heterocycles. The van der Waals surface area contributed by atoms with Crippen LogP contribution < -0.4 is 4.74 Å². The molecule has 1 saturated heterocycles. The summed E-state index contributed by atoms with van der Waals surface area (Å²) < 4.78 is 11.2. The van der Waals surface area contributed by atoms with E-state index in [1.165, 1.54) is 12.1 Å². The van der Waals surface area contributed by atoms with Crippen LogP contribution in [0.15, 0.2) is 22.7 Å². The fourth-order valence-corrected chi connectivity index (χ4v) is 1.70. The smallest absolute Gasteiger partial charge is 0.335 e. The SMILES string of the molecule is O=C(O)c1cc(Br)cc(OC2COC2)c1. The molecule has 0 amide bonds. The Morgan fingerprint density at radius 3 is 2.73 bits per heavy atom. The van der Waals surface area contributed by atoms with Gasteiger partial charge in [-0.15, -0.1) is 0 Å². The molecule has 80 valence electrons. The molecule has 1 aromatic rings. The topological polar surface area (TPSA) is 55.8 Å². The summed E-state index contributed by atoms with van der Waals surface area (Å²) in [7, 11) is 0. The van der Waals surface area contributed by atoms with Crippen molar-refractivity contribution in [3.8, 4) is 5.75 Å². The monoisotopic (exact) mass is 272 g/mol. The predicted octanol–water partition coefficient (Wildman–Crippen LogP) is 1.92. The molecule has 0 radical (unpaired) electrons. The van der Waals surface area contributed by atoms with E-state index < -0.39 is 5.97 Å². The minimum atomic E-state index is -0.967. The van der Waals surface area contributed by atoms with Gasteiger partial charge >= 0.3 is 5.97 Å². The van der Waals surface area contributed by atoms with Gasteiger partial charge in [-0.3, -0.25) is 0 Å². The Bertz CT molecular complexity index is 387. The van der Waals surface area contributed by atoms with Gasteiger partial charge in [0.25, 0.3) is 0 Å². The lowest BCUT2D eigenvalue weighted by Crippen LogP contribution is -2.38. The van der Waals surface area contributed by atoms with E-state index in [2.05, 4.69) is 15.9 Å². The molecule has 1 aromatic carbocycles. The summed E-state index contributed by atoms with van der Waals surface area (Å²) in [5.41, 5.74) is 0.208. The first kappa shape index (κ1) is 10.4. The van der Waals surface area contributed by atoms with Crippen molar-refractivity contribution < 1.29 is 19.4 Å². The molecule has 0 spiro atoms. The van der Waals surface area contributed by atoms with E-state index in [0.29, 0.717) is 23.4 Å². The molecule has 0 aliphatic carbocycles. The van der Waals surface area contributed by atoms with Crippen molar-refractivity contribution in [3.63, 3.8) is 0 Å². The molecule has 1 heterocycles. The van der Waals surface area contributed by atoms with Gasteiger partial charge in [-0.1, -0.05) is 15.9 Å². The molecule has 0 bridgehead atoms. The summed E-state index contributed by atoms with van der Waals surface area (Å²) in [4.78, 5) is 10.8. The van der Waals surface area contributed by atoms with Gasteiger partial charge in [0.2, 0.25) is 0 Å². The van der Waals surface area contributed by atoms with E-state index in [-0.39, 0.29) is 11.7 Å². The highest BCUT2D eigenvalue weighted by atomic mass is 79.9. The van der Waals surface area contributed by atoms with Crippen LogP contribution in [0.4, 0.5) is 0 Å². The van der Waals surface area contributed by atoms with Crippen LogP contribution in [0.3, 0.4) is 0 Å². The lowest BCUT2D eigenvalue weighted by molar-refractivity contribution is -0.0797. The molecule has 0 unspecified atom stereocenters. The Labute approximate surface area is 94.9 Å². The van der Waals surface area contributed by atoms with Crippen molar-refractivity contribution >= 4 is 21.9 Å². The number of carboxylic acid groups (broad SMARTS) is 1. The van der Waals surface area contributed by atoms with Crippen molar-refractivity contribution in [1.82, 2.24) is 0 Å². The maximum atomic E-state index is 10.8. The molecule has 1 fully saturated rings. The number of halogens is 1. The molecule has 5 heteroatoms. The van der Waals surface area contributed by atoms with E-state index in [1.54, 1.807) is 6.07 Å². The summed E-state index contributed by atoms with van der Waals surface area (Å²) >= 11 is 3.24. The first-order valence-corrected chi connectivity index (χ1v) is 5.23. The molecule has 1 aliphatic heterocycles. The molecule has 1 N–H and O–H groups in total. The third kappa shape index (κ3) is 2.49. The molecular formula is C10H9BrO4. The number of ether oxygens (including phenoxy) is 2. The highest BCUT2D eigenvalue weighted by Crippen LogP contribution is 2.23. The normalized spacial score (nSPS) is 15.8. The molecule has 1 aliphatic rings. The largest absolute Gasteiger partial charge is 0.486 e. The van der Waals surface area contributed by atoms with Crippen molar-refractivity contribution in [2.45, 2.75) is 6.10 Å². The zero-order valence-electron chi connectivity index (χ0n) is 7.77. The van der Waals surface area contributed by atoms with Crippen molar-refractivity contribution in [2.75, 3.05) is 13.2 Å². The molecular weight excluding hydrogens is 264 g/mol. The maximum absolute atomic E-state index is 10.8. The van der Waals surface area contributed by atoms with Crippen molar-refractivity contribution in [2.24, 2.45) is 0 Å². The summed E-state index contributed by atoms with van der Waals surface area (Å²) in [6.45, 7) is 1.13. The molecule has 15 heavy (non-hydrogen) atoms. The van der Waals surface area contributed by atoms with E-state index in [0.717, 1.165) is 0 Å². The number of aromatic carboxylic acids is 1. The number of benzene rings is 1. The van der Waals surface area contributed by atoms with Gasteiger partial charge in [-0.25, -0.2) is 4.79 Å². The fraction of sp³-hybridized carbons (Fsp3) is 0.300. The van der Waals surface area contributed by atoms with Crippen LogP contribution in [0, 0.1) is 0 Å². The van der Waals surface area contributed by atoms with Gasteiger partial charge in [0.1, 0.15) is 11.9 Å². The predicted molar refractivity (Wildman–Crippen MR) is 56.3 cm³/mol. The van der Waals surface area contributed by atoms with E-state index >= 15 is 0 Å². The standard InChI is InChI=1S/C10H9BrO4/c11-7-1-6(10(12)13)2-8(3-7)15-9-4-14-5-9/h1-3,9H,4-5H2,(H,12,13). The quantitative estimate of drug-likeness (QED) is 0.914. The van der Waals surface area contributed by atoms with E-state index in [1.807, 2.05) is 0 Å². The maximum Gasteiger partial charge on any atom is 0.335 e. The number of rotatable bonds is 3. The number of carbonyl (C=O) groups is 1. The Morgan fingerprint density at radius 1 is 1.47 bits per heavy atom. The number of carboxylic acids is 1. The van der Waals surface area contributed by atoms with Gasteiger partial charge in [-0.2, -0.15) is 0 Å². The van der Waals surface area contributed by atoms with Gasteiger partial charge in [-0.05, 0) is 18.2 Å². The average molecular weight is 273 g/mol. The first-order chi connectivity index (χ1) is 7.15. The van der Waals surface area contributed by atoms with Crippen LogP contribution in [-0.4, -0.2) is 30.4 Å². The third-order valence-corrected chi connectivity index (χ3v) is 2.49. The van der Waals surface area contributed by atoms with Gasteiger partial charge in [0.15, 0.2) is 0 Å². The fourth-order valence-electron chi connectivity index (χ4n) is 1.23. The van der Waals surface area contributed by atoms with Gasteiger partial charge in [0, 0.05) is 4.47 Å². The van der Waals surface area contributed by atoms with E-state index in [9.17, 15) is 4.79 Å². The van der Waals surface area contributed by atoms with Crippen molar-refractivity contribution in [1.29, 1.82) is 0 Å². The summed E-state index contributed by atoms with van der Waals surface area (Å²) in [6, 6.07) is 4.78. The molecule has 0 saturated carbocycles. The summed E-state index contributed by atoms with van der Waals surface area (Å²) in [5.74, 6) is -0.416. The van der Waals surface area contributed by atoms with E-state index in [4.69, 9.17) is 14.6 Å².